The molecule has 0 atom stereocenters. The van der Waals surface area contributed by atoms with Crippen LogP contribution in [0.4, 0.5) is 11.5 Å². The van der Waals surface area contributed by atoms with Gasteiger partial charge in [-0.2, -0.15) is 0 Å². The maximum absolute atomic E-state index is 5.86. The zero-order valence-corrected chi connectivity index (χ0v) is 10.2. The topological polar surface area (TPSA) is 37.8 Å². The first kappa shape index (κ1) is 11.5. The molecule has 82 valence electrons. The Morgan fingerprint density at radius 3 is 2.19 bits per heavy atom. The van der Waals surface area contributed by atoms with E-state index >= 15 is 0 Å². The summed E-state index contributed by atoms with van der Waals surface area (Å²) in [5.74, 6) is 0.582. The van der Waals surface area contributed by atoms with Gasteiger partial charge in [-0.15, -0.1) is 0 Å². The van der Waals surface area contributed by atoms with E-state index in [1.165, 1.54) is 6.33 Å². The van der Waals surface area contributed by atoms with E-state index in [9.17, 15) is 0 Å². The van der Waals surface area contributed by atoms with Crippen molar-refractivity contribution in [2.75, 3.05) is 5.32 Å². The zero-order chi connectivity index (χ0) is 11.5. The Morgan fingerprint density at radius 1 is 0.875 bits per heavy atom. The minimum absolute atomic E-state index is 0.366. The van der Waals surface area contributed by atoms with Crippen molar-refractivity contribution in [1.82, 2.24) is 9.97 Å². The Hall–Kier alpha value is -1.03. The zero-order valence-electron chi connectivity index (χ0n) is 7.92. The smallest absolute Gasteiger partial charge is 0.135 e. The Labute approximate surface area is 107 Å². The Balaban J connectivity index is 2.27. The van der Waals surface area contributed by atoms with Gasteiger partial charge in [-0.25, -0.2) is 9.97 Å². The molecule has 1 aromatic carbocycles. The number of nitrogens with zero attached hydrogens (tertiary/aromatic N) is 2. The third kappa shape index (κ3) is 2.98. The summed E-state index contributed by atoms with van der Waals surface area (Å²) in [6.07, 6.45) is 1.37. The minimum Gasteiger partial charge on any atom is -0.340 e. The number of anilines is 2. The largest absolute Gasteiger partial charge is 0.340 e. The van der Waals surface area contributed by atoms with E-state index in [-0.39, 0.29) is 0 Å². The van der Waals surface area contributed by atoms with E-state index in [1.807, 2.05) is 0 Å². The van der Waals surface area contributed by atoms with E-state index in [0.29, 0.717) is 21.0 Å². The molecule has 0 aliphatic rings. The van der Waals surface area contributed by atoms with Crippen molar-refractivity contribution in [3.05, 3.63) is 45.8 Å². The molecule has 0 amide bonds. The Bertz CT molecular complexity index is 496. The number of rotatable bonds is 2. The summed E-state index contributed by atoms with van der Waals surface area (Å²) in [6, 6.07) is 6.74. The van der Waals surface area contributed by atoms with Crippen LogP contribution in [0.5, 0.6) is 0 Å². The summed E-state index contributed by atoms with van der Waals surface area (Å²) in [5, 5.41) is 4.49. The van der Waals surface area contributed by atoms with Crippen molar-refractivity contribution in [2.24, 2.45) is 0 Å². The Morgan fingerprint density at radius 2 is 1.56 bits per heavy atom. The second-order valence-electron chi connectivity index (χ2n) is 3.01. The molecule has 0 saturated carbocycles. The van der Waals surface area contributed by atoms with Crippen LogP contribution in [0.15, 0.2) is 30.6 Å². The average Bonchev–Trinajstić information content (AvgIpc) is 2.15. The predicted molar refractivity (Wildman–Crippen MR) is 66.8 cm³/mol. The van der Waals surface area contributed by atoms with E-state index in [2.05, 4.69) is 15.3 Å². The van der Waals surface area contributed by atoms with E-state index in [4.69, 9.17) is 34.8 Å². The van der Waals surface area contributed by atoms with Crippen LogP contribution in [0.2, 0.25) is 15.2 Å². The Kier molecular flexibility index (Phi) is 3.49. The molecule has 0 spiro atoms. The standard InChI is InChI=1S/C10H6Cl3N3/c11-6-1-7(12)3-8(2-6)16-10-4-9(13)14-5-15-10/h1-5H,(H,14,15,16). The number of hydrogen-bond donors (Lipinski definition) is 1. The molecule has 6 heteroatoms. The van der Waals surface area contributed by atoms with Gasteiger partial charge in [-0.3, -0.25) is 0 Å². The second-order valence-corrected chi connectivity index (χ2v) is 4.27. The summed E-state index contributed by atoms with van der Waals surface area (Å²) in [6.45, 7) is 0. The quantitative estimate of drug-likeness (QED) is 0.835. The third-order valence-electron chi connectivity index (χ3n) is 1.77. The molecule has 1 heterocycles. The van der Waals surface area contributed by atoms with Crippen LogP contribution in [0, 0.1) is 0 Å². The van der Waals surface area contributed by atoms with Crippen LogP contribution in [0.1, 0.15) is 0 Å². The molecule has 0 unspecified atom stereocenters. The molecular formula is C10H6Cl3N3. The molecule has 16 heavy (non-hydrogen) atoms. The van der Waals surface area contributed by atoms with Crippen LogP contribution in [0.3, 0.4) is 0 Å². The molecule has 2 rings (SSSR count). The lowest BCUT2D eigenvalue weighted by molar-refractivity contribution is 1.17. The summed E-state index contributed by atoms with van der Waals surface area (Å²) in [7, 11) is 0. The van der Waals surface area contributed by atoms with Gasteiger partial charge in [-0.1, -0.05) is 34.8 Å². The average molecular weight is 275 g/mol. The number of hydrogen-bond acceptors (Lipinski definition) is 3. The van der Waals surface area contributed by atoms with Crippen molar-refractivity contribution < 1.29 is 0 Å². The third-order valence-corrected chi connectivity index (χ3v) is 2.41. The lowest BCUT2D eigenvalue weighted by atomic mass is 10.3. The minimum atomic E-state index is 0.366. The summed E-state index contributed by atoms with van der Waals surface area (Å²) >= 11 is 17.5. The van der Waals surface area contributed by atoms with Gasteiger partial charge in [0.1, 0.15) is 17.3 Å². The van der Waals surface area contributed by atoms with Gasteiger partial charge in [0.2, 0.25) is 0 Å². The monoisotopic (exact) mass is 273 g/mol. The molecule has 0 saturated heterocycles. The van der Waals surface area contributed by atoms with Gasteiger partial charge in [0, 0.05) is 21.8 Å². The first-order chi connectivity index (χ1) is 7.63. The normalized spacial score (nSPS) is 10.2. The maximum Gasteiger partial charge on any atom is 0.135 e. The molecule has 1 aromatic heterocycles. The molecule has 0 aliphatic carbocycles. The highest BCUT2D eigenvalue weighted by Crippen LogP contribution is 2.24. The molecule has 2 aromatic rings. The molecule has 0 bridgehead atoms. The van der Waals surface area contributed by atoms with Crippen molar-refractivity contribution in [3.8, 4) is 0 Å². The van der Waals surface area contributed by atoms with Gasteiger partial charge >= 0.3 is 0 Å². The van der Waals surface area contributed by atoms with Gasteiger partial charge in [0.25, 0.3) is 0 Å². The molecule has 0 fully saturated rings. The molecule has 3 nitrogen and oxygen atoms in total. The molecule has 0 radical (unpaired) electrons. The second kappa shape index (κ2) is 4.87. The van der Waals surface area contributed by atoms with Crippen LogP contribution in [0.25, 0.3) is 0 Å². The van der Waals surface area contributed by atoms with Crippen LogP contribution in [-0.4, -0.2) is 9.97 Å². The van der Waals surface area contributed by atoms with Crippen LogP contribution < -0.4 is 5.32 Å². The fourth-order valence-electron chi connectivity index (χ4n) is 1.18. The van der Waals surface area contributed by atoms with Gasteiger partial charge in [0.15, 0.2) is 0 Å². The highest BCUT2D eigenvalue weighted by molar-refractivity contribution is 6.35. The van der Waals surface area contributed by atoms with E-state index in [1.54, 1.807) is 24.3 Å². The van der Waals surface area contributed by atoms with Crippen LogP contribution in [-0.2, 0) is 0 Å². The summed E-state index contributed by atoms with van der Waals surface area (Å²) < 4.78 is 0. The maximum atomic E-state index is 5.86. The lowest BCUT2D eigenvalue weighted by Crippen LogP contribution is -1.94. The fourth-order valence-corrected chi connectivity index (χ4v) is 1.85. The van der Waals surface area contributed by atoms with Crippen molar-refractivity contribution in [3.63, 3.8) is 0 Å². The molecule has 0 aliphatic heterocycles. The SMILES string of the molecule is Clc1cc(Cl)cc(Nc2cc(Cl)ncn2)c1. The molecule has 1 N–H and O–H groups in total. The van der Waals surface area contributed by atoms with Gasteiger partial charge < -0.3 is 5.32 Å². The highest BCUT2D eigenvalue weighted by atomic mass is 35.5. The van der Waals surface area contributed by atoms with Crippen molar-refractivity contribution in [1.29, 1.82) is 0 Å². The number of aromatic nitrogens is 2. The highest BCUT2D eigenvalue weighted by Gasteiger charge is 2.00. The first-order valence-corrected chi connectivity index (χ1v) is 5.47. The van der Waals surface area contributed by atoms with Crippen LogP contribution >= 0.6 is 34.8 Å². The number of benzene rings is 1. The van der Waals surface area contributed by atoms with Crippen molar-refractivity contribution in [2.45, 2.75) is 0 Å². The lowest BCUT2D eigenvalue weighted by Gasteiger charge is -2.06. The first-order valence-electron chi connectivity index (χ1n) is 4.34. The van der Waals surface area contributed by atoms with E-state index < -0.39 is 0 Å². The van der Waals surface area contributed by atoms with Gasteiger partial charge in [-0.05, 0) is 18.2 Å². The number of halogens is 3. The molecular weight excluding hydrogens is 268 g/mol. The van der Waals surface area contributed by atoms with E-state index in [0.717, 1.165) is 5.69 Å². The summed E-state index contributed by atoms with van der Waals surface area (Å²) in [4.78, 5) is 7.78. The summed E-state index contributed by atoms with van der Waals surface area (Å²) in [5.41, 5.74) is 0.743. The predicted octanol–water partition coefficient (Wildman–Crippen LogP) is 4.18. The van der Waals surface area contributed by atoms with Gasteiger partial charge in [0.05, 0.1) is 0 Å². The van der Waals surface area contributed by atoms with Crippen molar-refractivity contribution >= 4 is 46.3 Å². The number of nitrogens with one attached hydrogen (secondary N) is 1. The fraction of sp³-hybridized carbons (Fsp3) is 0.